The summed E-state index contributed by atoms with van der Waals surface area (Å²) in [6.07, 6.45) is 1.81. The molecule has 4 N–H and O–H groups in total. The topological polar surface area (TPSA) is 52.0 Å². The monoisotopic (exact) mass is 100 g/mol. The Balaban J connectivity index is 3.45. The molecule has 0 spiro atoms. The minimum absolute atomic E-state index is 0.0880. The summed E-state index contributed by atoms with van der Waals surface area (Å²) in [5.74, 6) is 0. The highest BCUT2D eigenvalue weighted by Gasteiger charge is 1.82. The zero-order valence-electron chi connectivity index (χ0n) is 4.81. The number of hydrogen-bond acceptors (Lipinski definition) is 2. The molecular weight excluding hydrogens is 88.1 g/mol. The van der Waals surface area contributed by atoms with Crippen LogP contribution < -0.4 is 11.5 Å². The van der Waals surface area contributed by atoms with E-state index < -0.39 is 0 Å². The molecule has 0 rings (SSSR count). The molecule has 0 aliphatic rings. The molecule has 0 aliphatic carbocycles. The predicted octanol–water partition coefficient (Wildman–Crippen LogP) is 0.196. The van der Waals surface area contributed by atoms with Gasteiger partial charge >= 0.3 is 0 Å². The minimum Gasteiger partial charge on any atom is -0.402 e. The molecule has 2 nitrogen and oxygen atoms in total. The first-order valence-corrected chi connectivity index (χ1v) is 2.32. The molecule has 0 heterocycles. The molecule has 42 valence electrons. The average molecular weight is 100 g/mol. The van der Waals surface area contributed by atoms with Crippen LogP contribution in [0.4, 0.5) is 0 Å². The number of rotatable bonds is 1. The lowest BCUT2D eigenvalue weighted by Gasteiger charge is -1.94. The van der Waals surface area contributed by atoms with Crippen LogP contribution in [0.15, 0.2) is 11.8 Å². The van der Waals surface area contributed by atoms with Gasteiger partial charge in [-0.25, -0.2) is 0 Å². The molecule has 0 bridgehead atoms. The summed E-state index contributed by atoms with van der Waals surface area (Å²) in [5.41, 5.74) is 11.4. The first-order chi connectivity index (χ1) is 3.13. The maximum atomic E-state index is 5.34. The van der Waals surface area contributed by atoms with Crippen LogP contribution in [0, 0.1) is 0 Å². The van der Waals surface area contributed by atoms with E-state index in [1.54, 1.807) is 6.08 Å². The van der Waals surface area contributed by atoms with E-state index in [1.807, 2.05) is 13.8 Å². The maximum absolute atomic E-state index is 5.34. The van der Waals surface area contributed by atoms with E-state index in [2.05, 4.69) is 0 Å². The molecule has 0 amide bonds. The number of hydrogen-bond donors (Lipinski definition) is 2. The van der Waals surface area contributed by atoms with Gasteiger partial charge in [0.2, 0.25) is 0 Å². The van der Waals surface area contributed by atoms with Crippen LogP contribution in [0.1, 0.15) is 13.8 Å². The lowest BCUT2D eigenvalue weighted by Crippen LogP contribution is -2.12. The van der Waals surface area contributed by atoms with E-state index in [0.717, 1.165) is 5.70 Å². The van der Waals surface area contributed by atoms with Gasteiger partial charge in [-0.15, -0.1) is 0 Å². The fraction of sp³-hybridized carbons (Fsp3) is 0.600. The Morgan fingerprint density at radius 3 is 2.14 bits per heavy atom. The number of nitrogens with two attached hydrogens (primary N) is 2. The van der Waals surface area contributed by atoms with Gasteiger partial charge < -0.3 is 11.5 Å². The summed E-state index contributed by atoms with van der Waals surface area (Å²) in [6, 6.07) is 0.0880. The van der Waals surface area contributed by atoms with E-state index in [1.165, 1.54) is 0 Å². The summed E-state index contributed by atoms with van der Waals surface area (Å²) in [5, 5.41) is 0. The van der Waals surface area contributed by atoms with Crippen LogP contribution in [-0.2, 0) is 0 Å². The molecule has 0 fully saturated rings. The van der Waals surface area contributed by atoms with Crippen LogP contribution in [0.25, 0.3) is 0 Å². The third-order valence-corrected chi connectivity index (χ3v) is 0.526. The fourth-order valence-electron chi connectivity index (χ4n) is 0.415. The van der Waals surface area contributed by atoms with Crippen molar-refractivity contribution in [3.8, 4) is 0 Å². The molecule has 1 atom stereocenters. The largest absolute Gasteiger partial charge is 0.402 e. The van der Waals surface area contributed by atoms with Crippen LogP contribution >= 0.6 is 0 Å². The third kappa shape index (κ3) is 5.50. The van der Waals surface area contributed by atoms with Crippen molar-refractivity contribution in [2.75, 3.05) is 0 Å². The third-order valence-electron chi connectivity index (χ3n) is 0.526. The standard InChI is InChI=1S/C5H12N2/c1-4(6)3-5(2)7/h3-4H,6-7H2,1-2H3. The molecule has 1 unspecified atom stereocenters. The summed E-state index contributed by atoms with van der Waals surface area (Å²) >= 11 is 0. The second-order valence-electron chi connectivity index (χ2n) is 1.77. The smallest absolute Gasteiger partial charge is 0.0214 e. The van der Waals surface area contributed by atoms with Crippen molar-refractivity contribution in [2.24, 2.45) is 11.5 Å². The SMILES string of the molecule is CC(N)=CC(C)N. The Morgan fingerprint density at radius 2 is 2.14 bits per heavy atom. The molecule has 2 heteroatoms. The maximum Gasteiger partial charge on any atom is 0.0214 e. The first kappa shape index (κ1) is 6.50. The van der Waals surface area contributed by atoms with Crippen LogP contribution in [0.5, 0.6) is 0 Å². The molecule has 0 aromatic heterocycles. The molecule has 0 aromatic carbocycles. The van der Waals surface area contributed by atoms with Gasteiger partial charge in [-0.2, -0.15) is 0 Å². The molecule has 0 radical (unpaired) electrons. The normalized spacial score (nSPS) is 16.7. The molecule has 0 saturated heterocycles. The lowest BCUT2D eigenvalue weighted by molar-refractivity contribution is 0.911. The van der Waals surface area contributed by atoms with Gasteiger partial charge in [0.15, 0.2) is 0 Å². The predicted molar refractivity (Wildman–Crippen MR) is 31.6 cm³/mol. The van der Waals surface area contributed by atoms with E-state index >= 15 is 0 Å². The average Bonchev–Trinajstić information content (AvgIpc) is 1.27. The fourth-order valence-corrected chi connectivity index (χ4v) is 0.415. The van der Waals surface area contributed by atoms with Crippen molar-refractivity contribution in [1.82, 2.24) is 0 Å². The van der Waals surface area contributed by atoms with E-state index in [0.29, 0.717) is 0 Å². The first-order valence-electron chi connectivity index (χ1n) is 2.32. The van der Waals surface area contributed by atoms with Gasteiger partial charge in [0.1, 0.15) is 0 Å². The summed E-state index contributed by atoms with van der Waals surface area (Å²) in [7, 11) is 0. The molecule has 0 saturated carbocycles. The molecule has 0 aromatic rings. The van der Waals surface area contributed by atoms with E-state index in [9.17, 15) is 0 Å². The van der Waals surface area contributed by atoms with E-state index in [4.69, 9.17) is 11.5 Å². The molecular formula is C5H12N2. The summed E-state index contributed by atoms with van der Waals surface area (Å²) in [4.78, 5) is 0. The Labute approximate surface area is 44.2 Å². The van der Waals surface area contributed by atoms with Crippen molar-refractivity contribution in [1.29, 1.82) is 0 Å². The highest BCUT2D eigenvalue weighted by Crippen LogP contribution is 1.81. The van der Waals surface area contributed by atoms with Crippen molar-refractivity contribution in [3.05, 3.63) is 11.8 Å². The van der Waals surface area contributed by atoms with Crippen molar-refractivity contribution < 1.29 is 0 Å². The highest BCUT2D eigenvalue weighted by molar-refractivity contribution is 4.96. The summed E-state index contributed by atoms with van der Waals surface area (Å²) in [6.45, 7) is 3.71. The van der Waals surface area contributed by atoms with Gasteiger partial charge in [-0.3, -0.25) is 0 Å². The second kappa shape index (κ2) is 2.64. The van der Waals surface area contributed by atoms with Gasteiger partial charge in [0.05, 0.1) is 0 Å². The highest BCUT2D eigenvalue weighted by atomic mass is 14.6. The Kier molecular flexibility index (Phi) is 2.45. The zero-order chi connectivity index (χ0) is 5.86. The van der Waals surface area contributed by atoms with Crippen molar-refractivity contribution >= 4 is 0 Å². The lowest BCUT2D eigenvalue weighted by atomic mass is 10.3. The van der Waals surface area contributed by atoms with Crippen molar-refractivity contribution in [3.63, 3.8) is 0 Å². The van der Waals surface area contributed by atoms with Gasteiger partial charge in [-0.05, 0) is 19.9 Å². The Morgan fingerprint density at radius 1 is 1.71 bits per heavy atom. The molecule has 0 aliphatic heterocycles. The molecule has 7 heavy (non-hydrogen) atoms. The van der Waals surface area contributed by atoms with Crippen LogP contribution in [0.2, 0.25) is 0 Å². The Hall–Kier alpha value is -0.500. The Bertz CT molecular complexity index is 70.1. The van der Waals surface area contributed by atoms with Crippen LogP contribution in [0.3, 0.4) is 0 Å². The zero-order valence-corrected chi connectivity index (χ0v) is 4.81. The number of allylic oxidation sites excluding steroid dienone is 1. The van der Waals surface area contributed by atoms with E-state index in [-0.39, 0.29) is 6.04 Å². The van der Waals surface area contributed by atoms with Gasteiger partial charge in [0, 0.05) is 11.7 Å². The summed E-state index contributed by atoms with van der Waals surface area (Å²) < 4.78 is 0. The van der Waals surface area contributed by atoms with Crippen LogP contribution in [-0.4, -0.2) is 6.04 Å². The van der Waals surface area contributed by atoms with Crippen molar-refractivity contribution in [2.45, 2.75) is 19.9 Å². The minimum atomic E-state index is 0.0880. The quantitative estimate of drug-likeness (QED) is 0.494. The van der Waals surface area contributed by atoms with Gasteiger partial charge in [0.25, 0.3) is 0 Å². The van der Waals surface area contributed by atoms with Gasteiger partial charge in [-0.1, -0.05) is 0 Å². The second-order valence-corrected chi connectivity index (χ2v) is 1.77.